The standard InChI is InChI=1S/C14H16N4O2S2/c1-8(2)12-15-13(20-18-12)9(3)22-14-17-16-11(19-14)7-10-5-4-6-21-10/h4-6,8-9H,7H2,1-3H3. The van der Waals surface area contributed by atoms with Gasteiger partial charge in [0.2, 0.25) is 11.8 Å². The first-order chi connectivity index (χ1) is 10.6. The third-order valence-electron chi connectivity index (χ3n) is 2.95. The van der Waals surface area contributed by atoms with Crippen LogP contribution in [0.2, 0.25) is 0 Å². The summed E-state index contributed by atoms with van der Waals surface area (Å²) in [6.07, 6.45) is 0.664. The molecule has 0 saturated heterocycles. The van der Waals surface area contributed by atoms with Gasteiger partial charge in [0.25, 0.3) is 5.22 Å². The Bertz CT molecular complexity index is 721. The summed E-state index contributed by atoms with van der Waals surface area (Å²) in [4.78, 5) is 5.59. The van der Waals surface area contributed by atoms with E-state index in [9.17, 15) is 0 Å². The number of thiophene rings is 1. The molecule has 6 nitrogen and oxygen atoms in total. The van der Waals surface area contributed by atoms with Crippen LogP contribution in [0.4, 0.5) is 0 Å². The molecule has 0 amide bonds. The Labute approximate surface area is 136 Å². The Balaban J connectivity index is 1.63. The van der Waals surface area contributed by atoms with Gasteiger partial charge in [-0.2, -0.15) is 4.98 Å². The quantitative estimate of drug-likeness (QED) is 0.627. The van der Waals surface area contributed by atoms with Gasteiger partial charge in [-0.25, -0.2) is 0 Å². The Morgan fingerprint density at radius 2 is 2.14 bits per heavy atom. The third-order valence-corrected chi connectivity index (χ3v) is 4.75. The molecular formula is C14H16N4O2S2. The van der Waals surface area contributed by atoms with E-state index in [4.69, 9.17) is 8.94 Å². The monoisotopic (exact) mass is 336 g/mol. The Kier molecular flexibility index (Phi) is 4.58. The first kappa shape index (κ1) is 15.2. The predicted octanol–water partition coefficient (Wildman–Crippen LogP) is 4.08. The van der Waals surface area contributed by atoms with E-state index in [1.165, 1.54) is 16.6 Å². The molecule has 0 spiro atoms. The van der Waals surface area contributed by atoms with Crippen molar-refractivity contribution in [3.05, 3.63) is 40.0 Å². The van der Waals surface area contributed by atoms with Gasteiger partial charge >= 0.3 is 0 Å². The zero-order valence-corrected chi connectivity index (χ0v) is 14.1. The average Bonchev–Trinajstić information content (AvgIpc) is 3.19. The second-order valence-corrected chi connectivity index (χ2v) is 7.45. The number of hydrogen-bond donors (Lipinski definition) is 0. The lowest BCUT2D eigenvalue weighted by atomic mass is 10.2. The highest BCUT2D eigenvalue weighted by Gasteiger charge is 2.20. The van der Waals surface area contributed by atoms with Gasteiger partial charge in [0.15, 0.2) is 5.82 Å². The zero-order chi connectivity index (χ0) is 15.5. The maximum atomic E-state index is 5.66. The second kappa shape index (κ2) is 6.62. The van der Waals surface area contributed by atoms with Crippen molar-refractivity contribution >= 4 is 23.1 Å². The van der Waals surface area contributed by atoms with Crippen LogP contribution in [0.15, 0.2) is 31.7 Å². The molecule has 3 rings (SSSR count). The normalized spacial score (nSPS) is 12.9. The summed E-state index contributed by atoms with van der Waals surface area (Å²) in [6, 6.07) is 4.06. The van der Waals surface area contributed by atoms with Crippen LogP contribution in [0.3, 0.4) is 0 Å². The number of thioether (sulfide) groups is 1. The Morgan fingerprint density at radius 1 is 1.27 bits per heavy atom. The molecule has 1 unspecified atom stereocenters. The van der Waals surface area contributed by atoms with Crippen LogP contribution in [0.5, 0.6) is 0 Å². The van der Waals surface area contributed by atoms with E-state index in [1.807, 2.05) is 32.2 Å². The van der Waals surface area contributed by atoms with E-state index in [2.05, 4.69) is 26.4 Å². The fraction of sp³-hybridized carbons (Fsp3) is 0.429. The number of nitrogens with zero attached hydrogens (tertiary/aromatic N) is 4. The molecule has 8 heteroatoms. The SMILES string of the molecule is CC(C)c1noc(C(C)Sc2nnc(Cc3cccs3)o2)n1. The van der Waals surface area contributed by atoms with E-state index >= 15 is 0 Å². The van der Waals surface area contributed by atoms with Crippen LogP contribution in [0.1, 0.15) is 54.4 Å². The van der Waals surface area contributed by atoms with Gasteiger partial charge in [0.05, 0.1) is 11.7 Å². The molecule has 0 aliphatic rings. The van der Waals surface area contributed by atoms with Crippen LogP contribution >= 0.6 is 23.1 Å². The van der Waals surface area contributed by atoms with Gasteiger partial charge in [-0.15, -0.1) is 21.5 Å². The second-order valence-electron chi connectivity index (χ2n) is 5.12. The molecule has 0 radical (unpaired) electrons. The summed E-state index contributed by atoms with van der Waals surface area (Å²) in [7, 11) is 0. The van der Waals surface area contributed by atoms with Crippen molar-refractivity contribution in [3.8, 4) is 0 Å². The fourth-order valence-corrected chi connectivity index (χ4v) is 3.20. The lowest BCUT2D eigenvalue weighted by molar-refractivity contribution is 0.371. The van der Waals surface area contributed by atoms with Crippen molar-refractivity contribution in [2.75, 3.05) is 0 Å². The molecule has 0 bridgehead atoms. The summed E-state index contributed by atoms with van der Waals surface area (Å²) in [5, 5.41) is 14.6. The van der Waals surface area contributed by atoms with E-state index < -0.39 is 0 Å². The fourth-order valence-electron chi connectivity index (χ4n) is 1.77. The Hall–Kier alpha value is -1.67. The molecule has 116 valence electrons. The van der Waals surface area contributed by atoms with Gasteiger partial charge in [-0.05, 0) is 18.4 Å². The maximum Gasteiger partial charge on any atom is 0.277 e. The van der Waals surface area contributed by atoms with E-state index in [1.54, 1.807) is 11.3 Å². The highest BCUT2D eigenvalue weighted by Crippen LogP contribution is 2.33. The summed E-state index contributed by atoms with van der Waals surface area (Å²) < 4.78 is 10.9. The lowest BCUT2D eigenvalue weighted by Crippen LogP contribution is -1.92. The van der Waals surface area contributed by atoms with Crippen molar-refractivity contribution in [2.45, 2.75) is 43.6 Å². The number of aromatic nitrogens is 4. The molecule has 22 heavy (non-hydrogen) atoms. The third kappa shape index (κ3) is 3.56. The van der Waals surface area contributed by atoms with Crippen LogP contribution in [0, 0.1) is 0 Å². The van der Waals surface area contributed by atoms with Crippen molar-refractivity contribution in [2.24, 2.45) is 0 Å². The summed E-state index contributed by atoms with van der Waals surface area (Å²) >= 11 is 3.10. The average molecular weight is 336 g/mol. The smallest absolute Gasteiger partial charge is 0.277 e. The highest BCUT2D eigenvalue weighted by atomic mass is 32.2. The van der Waals surface area contributed by atoms with Crippen LogP contribution in [-0.4, -0.2) is 20.3 Å². The minimum Gasteiger partial charge on any atom is -0.416 e. The van der Waals surface area contributed by atoms with Crippen molar-refractivity contribution in [3.63, 3.8) is 0 Å². The first-order valence-corrected chi connectivity index (χ1v) is 8.72. The molecule has 0 aliphatic heterocycles. The highest BCUT2D eigenvalue weighted by molar-refractivity contribution is 7.99. The van der Waals surface area contributed by atoms with E-state index in [-0.39, 0.29) is 11.2 Å². The lowest BCUT2D eigenvalue weighted by Gasteiger charge is -2.01. The molecule has 0 aromatic carbocycles. The van der Waals surface area contributed by atoms with Crippen molar-refractivity contribution in [1.82, 2.24) is 20.3 Å². The van der Waals surface area contributed by atoms with Gasteiger partial charge in [0, 0.05) is 10.8 Å². The van der Waals surface area contributed by atoms with Crippen molar-refractivity contribution in [1.29, 1.82) is 0 Å². The molecule has 3 aromatic rings. The van der Waals surface area contributed by atoms with Crippen molar-refractivity contribution < 1.29 is 8.94 Å². The topological polar surface area (TPSA) is 77.8 Å². The van der Waals surface area contributed by atoms with Gasteiger partial charge in [0.1, 0.15) is 0 Å². The predicted molar refractivity (Wildman–Crippen MR) is 84.1 cm³/mol. The molecule has 0 N–H and O–H groups in total. The Morgan fingerprint density at radius 3 is 2.82 bits per heavy atom. The first-order valence-electron chi connectivity index (χ1n) is 6.96. The van der Waals surface area contributed by atoms with Gasteiger partial charge < -0.3 is 8.94 Å². The van der Waals surface area contributed by atoms with E-state index in [0.29, 0.717) is 29.2 Å². The van der Waals surface area contributed by atoms with Crippen LogP contribution in [0.25, 0.3) is 0 Å². The molecule has 1 atom stereocenters. The zero-order valence-electron chi connectivity index (χ0n) is 12.5. The maximum absolute atomic E-state index is 5.66. The van der Waals surface area contributed by atoms with Crippen LogP contribution in [-0.2, 0) is 6.42 Å². The molecule has 0 fully saturated rings. The largest absolute Gasteiger partial charge is 0.416 e. The van der Waals surface area contributed by atoms with Gasteiger partial charge in [-0.1, -0.05) is 36.8 Å². The minimum atomic E-state index is -0.0324. The summed E-state index contributed by atoms with van der Waals surface area (Å²) in [5.41, 5.74) is 0. The molecule has 3 aromatic heterocycles. The minimum absolute atomic E-state index is 0.0324. The number of hydrogen-bond acceptors (Lipinski definition) is 8. The summed E-state index contributed by atoms with van der Waals surface area (Å²) in [6.45, 7) is 6.04. The van der Waals surface area contributed by atoms with Gasteiger partial charge in [-0.3, -0.25) is 0 Å². The molecule has 0 saturated carbocycles. The van der Waals surface area contributed by atoms with E-state index in [0.717, 1.165) is 0 Å². The van der Waals surface area contributed by atoms with Crippen LogP contribution < -0.4 is 0 Å². The molecule has 0 aliphatic carbocycles. The molecule has 3 heterocycles. The summed E-state index contributed by atoms with van der Waals surface area (Å²) in [5.74, 6) is 2.15. The molecular weight excluding hydrogens is 320 g/mol. The number of rotatable bonds is 6.